The Labute approximate surface area is 121 Å². The zero-order valence-corrected chi connectivity index (χ0v) is 12.2. The molecule has 0 saturated heterocycles. The Morgan fingerprint density at radius 3 is 2.70 bits per heavy atom. The van der Waals surface area contributed by atoms with Gasteiger partial charge in [0.2, 0.25) is 5.91 Å². The van der Waals surface area contributed by atoms with E-state index in [-0.39, 0.29) is 18.5 Å². The van der Waals surface area contributed by atoms with Crippen LogP contribution in [0.2, 0.25) is 0 Å². The van der Waals surface area contributed by atoms with Crippen LogP contribution in [0.5, 0.6) is 0 Å². The van der Waals surface area contributed by atoms with Crippen LogP contribution < -0.4 is 11.1 Å². The summed E-state index contributed by atoms with van der Waals surface area (Å²) in [7, 11) is 2.14. The van der Waals surface area contributed by atoms with Gasteiger partial charge in [-0.1, -0.05) is 43.2 Å². The van der Waals surface area contributed by atoms with E-state index >= 15 is 0 Å². The molecule has 0 aliphatic heterocycles. The molecule has 0 heterocycles. The molecule has 0 bridgehead atoms. The smallest absolute Gasteiger partial charge is 0.234 e. The van der Waals surface area contributed by atoms with Gasteiger partial charge in [0.1, 0.15) is 0 Å². The number of likely N-dealkylation sites (N-methyl/N-ethyl adjacent to an activating group) is 1. The molecule has 20 heavy (non-hydrogen) atoms. The molecule has 1 saturated carbocycles. The normalized spacial score (nSPS) is 22.8. The lowest BCUT2D eigenvalue weighted by molar-refractivity contribution is -0.121. The molecule has 4 heteroatoms. The Morgan fingerprint density at radius 1 is 1.30 bits per heavy atom. The van der Waals surface area contributed by atoms with Crippen LogP contribution in [0.15, 0.2) is 30.3 Å². The standard InChI is InChI=1S/C16H25N3O/c1-19(12-13-7-3-2-4-8-13)15-10-6-5-9-14(15)18-16(20)11-17/h2-4,7-8,14-15H,5-6,9-12,17H2,1H3,(H,18,20)/t14-,15-/m0/s1. The van der Waals surface area contributed by atoms with E-state index in [1.54, 1.807) is 0 Å². The summed E-state index contributed by atoms with van der Waals surface area (Å²) in [5.74, 6) is -0.0463. The number of rotatable bonds is 5. The summed E-state index contributed by atoms with van der Waals surface area (Å²) in [6.07, 6.45) is 4.61. The minimum atomic E-state index is -0.0463. The SMILES string of the molecule is CN(Cc1ccccc1)[C@H]1CCCC[C@@H]1NC(=O)CN. The van der Waals surface area contributed by atoms with Crippen LogP contribution in [0.4, 0.5) is 0 Å². The van der Waals surface area contributed by atoms with Crippen LogP contribution in [-0.4, -0.2) is 36.5 Å². The van der Waals surface area contributed by atoms with Gasteiger partial charge in [-0.25, -0.2) is 0 Å². The van der Waals surface area contributed by atoms with Gasteiger partial charge in [0.15, 0.2) is 0 Å². The highest BCUT2D eigenvalue weighted by Crippen LogP contribution is 2.23. The zero-order chi connectivity index (χ0) is 14.4. The average molecular weight is 275 g/mol. The molecule has 4 nitrogen and oxygen atoms in total. The van der Waals surface area contributed by atoms with Crippen LogP contribution in [0, 0.1) is 0 Å². The van der Waals surface area contributed by atoms with Crippen LogP contribution in [0.3, 0.4) is 0 Å². The number of benzene rings is 1. The van der Waals surface area contributed by atoms with Gasteiger partial charge in [0.05, 0.1) is 6.54 Å². The van der Waals surface area contributed by atoms with Gasteiger partial charge in [-0.2, -0.15) is 0 Å². The minimum absolute atomic E-state index is 0.0463. The number of nitrogens with one attached hydrogen (secondary N) is 1. The first-order chi connectivity index (χ1) is 9.70. The number of nitrogens with zero attached hydrogens (tertiary/aromatic N) is 1. The fourth-order valence-electron chi connectivity index (χ4n) is 3.06. The summed E-state index contributed by atoms with van der Waals surface area (Å²) in [6.45, 7) is 0.992. The molecule has 1 aromatic carbocycles. The number of carbonyl (C=O) groups is 1. The molecule has 0 unspecified atom stereocenters. The summed E-state index contributed by atoms with van der Waals surface area (Å²) in [4.78, 5) is 13.9. The van der Waals surface area contributed by atoms with Crippen molar-refractivity contribution in [1.29, 1.82) is 0 Å². The predicted octanol–water partition coefficient (Wildman–Crippen LogP) is 1.50. The maximum absolute atomic E-state index is 11.6. The van der Waals surface area contributed by atoms with Gasteiger partial charge in [-0.15, -0.1) is 0 Å². The van der Waals surface area contributed by atoms with Crippen LogP contribution >= 0.6 is 0 Å². The first-order valence-corrected chi connectivity index (χ1v) is 7.44. The third-order valence-electron chi connectivity index (χ3n) is 4.10. The predicted molar refractivity (Wildman–Crippen MR) is 81.2 cm³/mol. The van der Waals surface area contributed by atoms with Gasteiger partial charge in [0.25, 0.3) is 0 Å². The Kier molecular flexibility index (Phi) is 5.56. The van der Waals surface area contributed by atoms with Crippen molar-refractivity contribution < 1.29 is 4.79 Å². The largest absolute Gasteiger partial charge is 0.351 e. The van der Waals surface area contributed by atoms with Gasteiger partial charge < -0.3 is 11.1 Å². The highest BCUT2D eigenvalue weighted by atomic mass is 16.1. The van der Waals surface area contributed by atoms with E-state index in [4.69, 9.17) is 5.73 Å². The number of carbonyl (C=O) groups excluding carboxylic acids is 1. The van der Waals surface area contributed by atoms with E-state index in [9.17, 15) is 4.79 Å². The zero-order valence-electron chi connectivity index (χ0n) is 12.2. The number of hydrogen-bond acceptors (Lipinski definition) is 3. The highest BCUT2D eigenvalue weighted by molar-refractivity contribution is 5.78. The van der Waals surface area contributed by atoms with Gasteiger partial charge >= 0.3 is 0 Å². The molecule has 1 aromatic rings. The summed E-state index contributed by atoms with van der Waals surface area (Å²) in [6, 6.07) is 11.1. The van der Waals surface area contributed by atoms with Crippen LogP contribution in [0.25, 0.3) is 0 Å². The molecule has 0 spiro atoms. The van der Waals surface area contributed by atoms with Gasteiger partial charge in [0, 0.05) is 18.6 Å². The first-order valence-electron chi connectivity index (χ1n) is 7.44. The van der Waals surface area contributed by atoms with E-state index in [0.717, 1.165) is 19.4 Å². The maximum atomic E-state index is 11.6. The van der Waals surface area contributed by atoms with E-state index in [2.05, 4.69) is 41.5 Å². The Balaban J connectivity index is 1.98. The molecular formula is C16H25N3O. The topological polar surface area (TPSA) is 58.4 Å². The Bertz CT molecular complexity index is 421. The fraction of sp³-hybridized carbons (Fsp3) is 0.562. The molecule has 2 atom stereocenters. The number of nitrogens with two attached hydrogens (primary N) is 1. The molecule has 1 aliphatic carbocycles. The minimum Gasteiger partial charge on any atom is -0.351 e. The summed E-state index contributed by atoms with van der Waals surface area (Å²) >= 11 is 0. The second-order valence-electron chi connectivity index (χ2n) is 5.63. The lowest BCUT2D eigenvalue weighted by Crippen LogP contribution is -2.53. The molecule has 1 fully saturated rings. The quantitative estimate of drug-likeness (QED) is 0.856. The van der Waals surface area contributed by atoms with E-state index in [1.807, 2.05) is 6.07 Å². The van der Waals surface area contributed by atoms with Gasteiger partial charge in [-0.3, -0.25) is 9.69 Å². The van der Waals surface area contributed by atoms with E-state index in [1.165, 1.54) is 18.4 Å². The second kappa shape index (κ2) is 7.41. The van der Waals surface area contributed by atoms with Crippen molar-refractivity contribution in [3.8, 4) is 0 Å². The van der Waals surface area contributed by atoms with E-state index in [0.29, 0.717) is 6.04 Å². The number of hydrogen-bond donors (Lipinski definition) is 2. The molecule has 0 aromatic heterocycles. The first kappa shape index (κ1) is 15.0. The maximum Gasteiger partial charge on any atom is 0.234 e. The highest BCUT2D eigenvalue weighted by Gasteiger charge is 2.29. The molecule has 1 amide bonds. The second-order valence-corrected chi connectivity index (χ2v) is 5.63. The third-order valence-corrected chi connectivity index (χ3v) is 4.10. The van der Waals surface area contributed by atoms with Crippen molar-refractivity contribution in [2.45, 2.75) is 44.3 Å². The molecule has 2 rings (SSSR count). The van der Waals surface area contributed by atoms with E-state index < -0.39 is 0 Å². The molecular weight excluding hydrogens is 250 g/mol. The van der Waals surface area contributed by atoms with Crippen molar-refractivity contribution >= 4 is 5.91 Å². The third kappa shape index (κ3) is 4.05. The summed E-state index contributed by atoms with van der Waals surface area (Å²) in [5.41, 5.74) is 6.72. The van der Waals surface area contributed by atoms with Crippen molar-refractivity contribution in [1.82, 2.24) is 10.2 Å². The van der Waals surface area contributed by atoms with Gasteiger partial charge in [-0.05, 0) is 25.5 Å². The summed E-state index contributed by atoms with van der Waals surface area (Å²) in [5, 5.41) is 3.08. The van der Waals surface area contributed by atoms with Crippen molar-refractivity contribution in [2.24, 2.45) is 5.73 Å². The number of amides is 1. The molecule has 110 valence electrons. The fourth-order valence-corrected chi connectivity index (χ4v) is 3.06. The monoisotopic (exact) mass is 275 g/mol. The van der Waals surface area contributed by atoms with Crippen molar-refractivity contribution in [3.05, 3.63) is 35.9 Å². The molecule has 1 aliphatic rings. The molecule has 3 N–H and O–H groups in total. The average Bonchev–Trinajstić information content (AvgIpc) is 2.48. The molecule has 0 radical (unpaired) electrons. The van der Waals surface area contributed by atoms with Crippen molar-refractivity contribution in [2.75, 3.05) is 13.6 Å². The Hall–Kier alpha value is -1.39. The Morgan fingerprint density at radius 2 is 2.00 bits per heavy atom. The summed E-state index contributed by atoms with van der Waals surface area (Å²) < 4.78 is 0. The van der Waals surface area contributed by atoms with Crippen LogP contribution in [-0.2, 0) is 11.3 Å². The van der Waals surface area contributed by atoms with Crippen molar-refractivity contribution in [3.63, 3.8) is 0 Å². The lowest BCUT2D eigenvalue weighted by atomic mass is 9.89. The van der Waals surface area contributed by atoms with Crippen LogP contribution in [0.1, 0.15) is 31.2 Å². The lowest BCUT2D eigenvalue weighted by Gasteiger charge is -2.38.